The summed E-state index contributed by atoms with van der Waals surface area (Å²) in [6.45, 7) is 3.88. The van der Waals surface area contributed by atoms with Gasteiger partial charge in [-0.25, -0.2) is 4.98 Å². The van der Waals surface area contributed by atoms with E-state index in [0.29, 0.717) is 6.04 Å². The molecule has 0 aromatic carbocycles. The van der Waals surface area contributed by atoms with E-state index in [1.165, 1.54) is 12.8 Å². The van der Waals surface area contributed by atoms with Crippen LogP contribution in [0.1, 0.15) is 18.4 Å². The predicted octanol–water partition coefficient (Wildman–Crippen LogP) is 1.94. The van der Waals surface area contributed by atoms with E-state index in [4.69, 9.17) is 4.74 Å². The summed E-state index contributed by atoms with van der Waals surface area (Å²) >= 11 is 0. The van der Waals surface area contributed by atoms with Crippen LogP contribution in [0.25, 0.3) is 0 Å². The largest absolute Gasteiger partial charge is 0.476 e. The van der Waals surface area contributed by atoms with Gasteiger partial charge in [0.15, 0.2) is 0 Å². The molecule has 15 heavy (non-hydrogen) atoms. The fourth-order valence-corrected chi connectivity index (χ4v) is 1.62. The molecule has 0 bridgehead atoms. The minimum absolute atomic E-state index is 0. The fourth-order valence-electron chi connectivity index (χ4n) is 1.62. The van der Waals surface area contributed by atoms with Gasteiger partial charge in [-0.2, -0.15) is 0 Å². The Morgan fingerprint density at radius 1 is 1.53 bits per heavy atom. The Balaban J connectivity index is 0.00000112. The van der Waals surface area contributed by atoms with Crippen LogP contribution in [0.4, 0.5) is 0 Å². The zero-order chi connectivity index (χ0) is 9.80. The van der Waals surface area contributed by atoms with Crippen LogP contribution >= 0.6 is 12.4 Å². The second-order valence-corrected chi connectivity index (χ2v) is 3.78. The highest BCUT2D eigenvalue weighted by Gasteiger charge is 2.14. The number of aryl methyl sites for hydroxylation is 1. The average molecular weight is 229 g/mol. The first kappa shape index (κ1) is 12.3. The molecule has 1 saturated heterocycles. The molecule has 1 aromatic heterocycles. The Hall–Kier alpha value is -0.800. The first-order valence-electron chi connectivity index (χ1n) is 5.13. The molecule has 0 aliphatic carbocycles. The third kappa shape index (κ3) is 3.68. The number of nitrogens with one attached hydrogen (secondary N) is 1. The first-order valence-corrected chi connectivity index (χ1v) is 5.13. The molecule has 2 rings (SSSR count). The Bertz CT molecular complexity index is 283. The van der Waals surface area contributed by atoms with E-state index >= 15 is 0 Å². The smallest absolute Gasteiger partial charge is 0.213 e. The van der Waals surface area contributed by atoms with Gasteiger partial charge in [-0.1, -0.05) is 6.07 Å². The van der Waals surface area contributed by atoms with Crippen molar-refractivity contribution in [2.75, 3.05) is 13.2 Å². The van der Waals surface area contributed by atoms with Crippen molar-refractivity contribution in [3.63, 3.8) is 0 Å². The van der Waals surface area contributed by atoms with Crippen molar-refractivity contribution in [3.8, 4) is 5.88 Å². The number of nitrogens with zero attached hydrogens (tertiary/aromatic N) is 1. The molecule has 0 radical (unpaired) electrons. The van der Waals surface area contributed by atoms with E-state index in [-0.39, 0.29) is 12.4 Å². The summed E-state index contributed by atoms with van der Waals surface area (Å²) in [5, 5.41) is 3.39. The van der Waals surface area contributed by atoms with Gasteiger partial charge in [0.25, 0.3) is 0 Å². The molecule has 1 aliphatic rings. The number of hydrogen-bond donors (Lipinski definition) is 1. The van der Waals surface area contributed by atoms with Crippen molar-refractivity contribution in [1.82, 2.24) is 10.3 Å². The lowest BCUT2D eigenvalue weighted by atomic mass is 10.2. The summed E-state index contributed by atoms with van der Waals surface area (Å²) in [6, 6.07) is 4.45. The third-order valence-corrected chi connectivity index (χ3v) is 2.48. The molecule has 2 heterocycles. The van der Waals surface area contributed by atoms with Crippen LogP contribution in [0.3, 0.4) is 0 Å². The van der Waals surface area contributed by atoms with Gasteiger partial charge in [0, 0.05) is 18.3 Å². The molecule has 4 heteroatoms. The highest BCUT2D eigenvalue weighted by atomic mass is 35.5. The number of rotatable bonds is 3. The van der Waals surface area contributed by atoms with Crippen molar-refractivity contribution in [2.45, 2.75) is 25.8 Å². The van der Waals surface area contributed by atoms with Crippen molar-refractivity contribution < 1.29 is 4.74 Å². The SMILES string of the molecule is Cc1ccc(OCC2CCCN2)nc1.Cl. The van der Waals surface area contributed by atoms with E-state index in [2.05, 4.69) is 10.3 Å². The monoisotopic (exact) mass is 228 g/mol. The molecular formula is C11H17ClN2O. The second kappa shape index (κ2) is 5.93. The Labute approximate surface area is 96.7 Å². The van der Waals surface area contributed by atoms with Gasteiger partial charge in [-0.05, 0) is 31.9 Å². The molecular weight excluding hydrogens is 212 g/mol. The lowest BCUT2D eigenvalue weighted by molar-refractivity contribution is 0.267. The Morgan fingerprint density at radius 3 is 3.00 bits per heavy atom. The van der Waals surface area contributed by atoms with Crippen molar-refractivity contribution >= 4 is 12.4 Å². The first-order chi connectivity index (χ1) is 6.84. The summed E-state index contributed by atoms with van der Waals surface area (Å²) in [6.07, 6.45) is 4.30. The average Bonchev–Trinajstić information content (AvgIpc) is 2.70. The van der Waals surface area contributed by atoms with Crippen LogP contribution in [-0.4, -0.2) is 24.2 Å². The zero-order valence-electron chi connectivity index (χ0n) is 8.90. The minimum Gasteiger partial charge on any atom is -0.476 e. The molecule has 0 amide bonds. The number of pyridine rings is 1. The van der Waals surface area contributed by atoms with Crippen molar-refractivity contribution in [2.24, 2.45) is 0 Å². The highest BCUT2D eigenvalue weighted by Crippen LogP contribution is 2.10. The predicted molar refractivity (Wildman–Crippen MR) is 62.7 cm³/mol. The summed E-state index contributed by atoms with van der Waals surface area (Å²) in [7, 11) is 0. The molecule has 1 aliphatic heterocycles. The van der Waals surface area contributed by atoms with Crippen LogP contribution in [0, 0.1) is 6.92 Å². The van der Waals surface area contributed by atoms with E-state index < -0.39 is 0 Å². The van der Waals surface area contributed by atoms with Crippen molar-refractivity contribution in [1.29, 1.82) is 0 Å². The van der Waals surface area contributed by atoms with Crippen LogP contribution in [0.15, 0.2) is 18.3 Å². The number of hydrogen-bond acceptors (Lipinski definition) is 3. The molecule has 3 nitrogen and oxygen atoms in total. The normalized spacial score (nSPS) is 19.7. The van der Waals surface area contributed by atoms with Crippen molar-refractivity contribution in [3.05, 3.63) is 23.9 Å². The van der Waals surface area contributed by atoms with E-state index in [1.807, 2.05) is 25.3 Å². The topological polar surface area (TPSA) is 34.1 Å². The molecule has 0 saturated carbocycles. The summed E-state index contributed by atoms with van der Waals surface area (Å²) in [5.74, 6) is 0.726. The molecule has 1 fully saturated rings. The number of aromatic nitrogens is 1. The fraction of sp³-hybridized carbons (Fsp3) is 0.545. The summed E-state index contributed by atoms with van der Waals surface area (Å²) < 4.78 is 5.57. The lowest BCUT2D eigenvalue weighted by Crippen LogP contribution is -2.28. The van der Waals surface area contributed by atoms with Crippen LogP contribution in [-0.2, 0) is 0 Å². The zero-order valence-corrected chi connectivity index (χ0v) is 9.72. The lowest BCUT2D eigenvalue weighted by Gasteiger charge is -2.10. The van der Waals surface area contributed by atoms with Gasteiger partial charge in [0.2, 0.25) is 5.88 Å². The van der Waals surface area contributed by atoms with Gasteiger partial charge in [0.05, 0.1) is 0 Å². The maximum absolute atomic E-state index is 5.57. The highest BCUT2D eigenvalue weighted by molar-refractivity contribution is 5.85. The second-order valence-electron chi connectivity index (χ2n) is 3.78. The molecule has 1 atom stereocenters. The van der Waals surface area contributed by atoms with Crippen LogP contribution < -0.4 is 10.1 Å². The Kier molecular flexibility index (Phi) is 4.85. The van der Waals surface area contributed by atoms with Gasteiger partial charge < -0.3 is 10.1 Å². The molecule has 1 N–H and O–H groups in total. The maximum Gasteiger partial charge on any atom is 0.213 e. The minimum atomic E-state index is 0. The van der Waals surface area contributed by atoms with Crippen LogP contribution in [0.2, 0.25) is 0 Å². The summed E-state index contributed by atoms with van der Waals surface area (Å²) in [4.78, 5) is 4.19. The van der Waals surface area contributed by atoms with Gasteiger partial charge in [0.1, 0.15) is 6.61 Å². The molecule has 1 unspecified atom stereocenters. The van der Waals surface area contributed by atoms with E-state index in [9.17, 15) is 0 Å². The number of halogens is 1. The Morgan fingerprint density at radius 2 is 2.40 bits per heavy atom. The summed E-state index contributed by atoms with van der Waals surface area (Å²) in [5.41, 5.74) is 1.16. The molecule has 1 aromatic rings. The van der Waals surface area contributed by atoms with E-state index in [1.54, 1.807) is 0 Å². The van der Waals surface area contributed by atoms with Crippen LogP contribution in [0.5, 0.6) is 5.88 Å². The molecule has 84 valence electrons. The maximum atomic E-state index is 5.57. The van der Waals surface area contributed by atoms with E-state index in [0.717, 1.165) is 24.6 Å². The molecule has 0 spiro atoms. The quantitative estimate of drug-likeness (QED) is 0.859. The standard InChI is InChI=1S/C11H16N2O.ClH/c1-9-4-5-11(13-7-9)14-8-10-3-2-6-12-10;/h4-5,7,10,12H,2-3,6,8H2,1H3;1H. The van der Waals surface area contributed by atoms with Gasteiger partial charge in [-0.15, -0.1) is 12.4 Å². The third-order valence-electron chi connectivity index (χ3n) is 2.48. The van der Waals surface area contributed by atoms with Gasteiger partial charge in [-0.3, -0.25) is 0 Å². The van der Waals surface area contributed by atoms with Gasteiger partial charge >= 0.3 is 0 Å². The number of ether oxygens (including phenoxy) is 1.